The third kappa shape index (κ3) is 1.89. The van der Waals surface area contributed by atoms with Gasteiger partial charge in [-0.2, -0.15) is 5.10 Å². The first kappa shape index (κ1) is 11.5. The van der Waals surface area contributed by atoms with Crippen LogP contribution in [0.5, 0.6) is 0 Å². The Morgan fingerprint density at radius 2 is 2.00 bits per heavy atom. The van der Waals surface area contributed by atoms with Gasteiger partial charge in [-0.15, -0.1) is 0 Å². The molecule has 1 aromatic rings. The van der Waals surface area contributed by atoms with E-state index < -0.39 is 6.10 Å². The minimum absolute atomic E-state index is 0.239. The van der Waals surface area contributed by atoms with Crippen LogP contribution < -0.4 is 0 Å². The van der Waals surface area contributed by atoms with E-state index >= 15 is 0 Å². The average molecular weight is 255 g/mol. The van der Waals surface area contributed by atoms with E-state index in [1.54, 1.807) is 6.20 Å². The molecule has 94 valence electrons. The maximum Gasteiger partial charge on any atom is 0.1000 e. The van der Waals surface area contributed by atoms with Crippen LogP contribution in [0.25, 0.3) is 0 Å². The predicted octanol–water partition coefficient (Wildman–Crippen LogP) is 3.20. The molecule has 1 N–H and O–H groups in total. The quantitative estimate of drug-likeness (QED) is 0.900. The van der Waals surface area contributed by atoms with Crippen LogP contribution in [0, 0.1) is 17.8 Å². The lowest BCUT2D eigenvalue weighted by atomic mass is 9.94. The van der Waals surface area contributed by atoms with E-state index in [1.807, 2.05) is 4.68 Å². The van der Waals surface area contributed by atoms with Crippen molar-refractivity contribution in [3.8, 4) is 0 Å². The molecule has 3 nitrogen and oxygen atoms in total. The van der Waals surface area contributed by atoms with Crippen molar-refractivity contribution in [3.63, 3.8) is 0 Å². The molecule has 2 fully saturated rings. The van der Waals surface area contributed by atoms with E-state index in [1.165, 1.54) is 6.42 Å². The van der Waals surface area contributed by atoms with Crippen LogP contribution in [-0.2, 0) is 0 Å². The Kier molecular flexibility index (Phi) is 2.71. The molecule has 2 aliphatic carbocycles. The number of aliphatic hydroxyl groups excluding tert-OH is 1. The van der Waals surface area contributed by atoms with Gasteiger partial charge in [0.25, 0.3) is 0 Å². The summed E-state index contributed by atoms with van der Waals surface area (Å²) in [5.74, 6) is 2.14. The van der Waals surface area contributed by atoms with Crippen LogP contribution in [0.2, 0.25) is 5.02 Å². The molecule has 3 unspecified atom stereocenters. The lowest BCUT2D eigenvalue weighted by Crippen LogP contribution is -2.17. The van der Waals surface area contributed by atoms with Crippen LogP contribution in [-0.4, -0.2) is 14.9 Å². The molecule has 0 aliphatic heterocycles. The molecule has 0 bridgehead atoms. The minimum Gasteiger partial charge on any atom is -0.386 e. The zero-order valence-electron chi connectivity index (χ0n) is 10.3. The van der Waals surface area contributed by atoms with Crippen molar-refractivity contribution in [1.82, 2.24) is 9.78 Å². The van der Waals surface area contributed by atoms with Gasteiger partial charge in [-0.3, -0.25) is 4.68 Å². The van der Waals surface area contributed by atoms with Crippen LogP contribution in [0.4, 0.5) is 0 Å². The van der Waals surface area contributed by atoms with Crippen LogP contribution in [0.15, 0.2) is 6.20 Å². The number of aromatic nitrogens is 2. The van der Waals surface area contributed by atoms with Crippen LogP contribution >= 0.6 is 11.6 Å². The molecule has 2 aliphatic rings. The Hall–Kier alpha value is -0.540. The van der Waals surface area contributed by atoms with E-state index in [-0.39, 0.29) is 6.04 Å². The SMILES string of the molecule is CC(C)n1ncc(Cl)c1C(O)C1CC2CC2C1. The summed E-state index contributed by atoms with van der Waals surface area (Å²) in [7, 11) is 0. The van der Waals surface area contributed by atoms with Crippen molar-refractivity contribution >= 4 is 11.6 Å². The van der Waals surface area contributed by atoms with Gasteiger partial charge in [0, 0.05) is 6.04 Å². The Bertz CT molecular complexity index is 419. The van der Waals surface area contributed by atoms with Gasteiger partial charge in [0.2, 0.25) is 0 Å². The third-order valence-corrected chi connectivity index (χ3v) is 4.57. The molecule has 4 heteroatoms. The van der Waals surface area contributed by atoms with Gasteiger partial charge in [0.05, 0.1) is 23.0 Å². The van der Waals surface area contributed by atoms with E-state index in [0.29, 0.717) is 10.9 Å². The second-order valence-electron chi connectivity index (χ2n) is 5.85. The average Bonchev–Trinajstić information content (AvgIpc) is 2.74. The molecule has 0 amide bonds. The Balaban J connectivity index is 1.84. The molecule has 0 spiro atoms. The van der Waals surface area contributed by atoms with Crippen molar-refractivity contribution in [1.29, 1.82) is 0 Å². The van der Waals surface area contributed by atoms with E-state index in [4.69, 9.17) is 11.6 Å². The summed E-state index contributed by atoms with van der Waals surface area (Å²) >= 11 is 6.17. The molecule has 0 saturated heterocycles. The summed E-state index contributed by atoms with van der Waals surface area (Å²) in [6.45, 7) is 4.12. The molecule has 3 rings (SSSR count). The van der Waals surface area contributed by atoms with Gasteiger partial charge in [-0.05, 0) is 50.9 Å². The number of fused-ring (bicyclic) bond motifs is 1. The summed E-state index contributed by atoms with van der Waals surface area (Å²) in [4.78, 5) is 0. The highest BCUT2D eigenvalue weighted by Gasteiger charge is 2.48. The molecule has 2 saturated carbocycles. The fourth-order valence-corrected chi connectivity index (χ4v) is 3.52. The number of hydrogen-bond donors (Lipinski definition) is 1. The molecule has 1 heterocycles. The predicted molar refractivity (Wildman–Crippen MR) is 66.9 cm³/mol. The number of nitrogens with zero attached hydrogens (tertiary/aromatic N) is 2. The highest BCUT2D eigenvalue weighted by molar-refractivity contribution is 6.31. The lowest BCUT2D eigenvalue weighted by molar-refractivity contribution is 0.0940. The van der Waals surface area contributed by atoms with Crippen molar-refractivity contribution in [2.75, 3.05) is 0 Å². The minimum atomic E-state index is -0.444. The molecule has 0 radical (unpaired) electrons. The second-order valence-corrected chi connectivity index (χ2v) is 6.26. The Morgan fingerprint density at radius 3 is 2.59 bits per heavy atom. The molecular formula is C13H19ClN2O. The topological polar surface area (TPSA) is 38.0 Å². The zero-order chi connectivity index (χ0) is 12.2. The normalized spacial score (nSPS) is 32.9. The highest BCUT2D eigenvalue weighted by Crippen LogP contribution is 2.57. The maximum absolute atomic E-state index is 10.5. The zero-order valence-corrected chi connectivity index (χ0v) is 11.1. The molecule has 0 aromatic carbocycles. The Morgan fingerprint density at radius 1 is 1.35 bits per heavy atom. The number of aliphatic hydroxyl groups is 1. The third-order valence-electron chi connectivity index (χ3n) is 4.28. The number of halogens is 1. The van der Waals surface area contributed by atoms with Gasteiger partial charge >= 0.3 is 0 Å². The van der Waals surface area contributed by atoms with E-state index in [0.717, 1.165) is 30.4 Å². The van der Waals surface area contributed by atoms with Crippen molar-refractivity contribution in [3.05, 3.63) is 16.9 Å². The van der Waals surface area contributed by atoms with Gasteiger partial charge in [0.1, 0.15) is 0 Å². The molecular weight excluding hydrogens is 236 g/mol. The first-order chi connectivity index (χ1) is 8.08. The first-order valence-corrected chi connectivity index (χ1v) is 6.86. The fraction of sp³-hybridized carbons (Fsp3) is 0.769. The number of rotatable bonds is 3. The first-order valence-electron chi connectivity index (χ1n) is 6.49. The standard InChI is InChI=1S/C13H19ClN2O/c1-7(2)16-12(11(14)6-15-16)13(17)10-4-8-3-9(8)5-10/h6-10,13,17H,3-5H2,1-2H3. The number of hydrogen-bond acceptors (Lipinski definition) is 2. The summed E-state index contributed by atoms with van der Waals surface area (Å²) in [5, 5.41) is 15.4. The van der Waals surface area contributed by atoms with Gasteiger partial charge in [-0.1, -0.05) is 11.6 Å². The maximum atomic E-state index is 10.5. The second kappa shape index (κ2) is 3.99. The van der Waals surface area contributed by atoms with Gasteiger partial charge in [-0.25, -0.2) is 0 Å². The lowest BCUT2D eigenvalue weighted by Gasteiger charge is -2.22. The van der Waals surface area contributed by atoms with E-state index in [9.17, 15) is 5.11 Å². The Labute approximate surface area is 107 Å². The molecule has 3 atom stereocenters. The van der Waals surface area contributed by atoms with Gasteiger partial charge in [0.15, 0.2) is 0 Å². The van der Waals surface area contributed by atoms with Crippen LogP contribution in [0.1, 0.15) is 50.9 Å². The smallest absolute Gasteiger partial charge is 0.1000 e. The van der Waals surface area contributed by atoms with E-state index in [2.05, 4.69) is 18.9 Å². The molecule has 17 heavy (non-hydrogen) atoms. The highest BCUT2D eigenvalue weighted by atomic mass is 35.5. The summed E-state index contributed by atoms with van der Waals surface area (Å²) in [6, 6.07) is 0.239. The summed E-state index contributed by atoms with van der Waals surface area (Å²) < 4.78 is 1.86. The van der Waals surface area contributed by atoms with Crippen molar-refractivity contribution in [2.45, 2.75) is 45.3 Å². The van der Waals surface area contributed by atoms with Crippen molar-refractivity contribution < 1.29 is 5.11 Å². The fourth-order valence-electron chi connectivity index (χ4n) is 3.28. The largest absolute Gasteiger partial charge is 0.386 e. The summed E-state index contributed by atoms with van der Waals surface area (Å²) in [5.41, 5.74) is 0.813. The molecule has 1 aromatic heterocycles. The summed E-state index contributed by atoms with van der Waals surface area (Å²) in [6.07, 6.45) is 4.90. The monoisotopic (exact) mass is 254 g/mol. The van der Waals surface area contributed by atoms with Crippen LogP contribution in [0.3, 0.4) is 0 Å². The van der Waals surface area contributed by atoms with Gasteiger partial charge < -0.3 is 5.11 Å². The van der Waals surface area contributed by atoms with Crippen molar-refractivity contribution in [2.24, 2.45) is 17.8 Å².